The zero-order valence-electron chi connectivity index (χ0n) is 19.0. The maximum atomic E-state index is 13.0. The molecule has 3 atom stereocenters. The van der Waals surface area contributed by atoms with Gasteiger partial charge < -0.3 is 0 Å². The number of sulfonamides is 1. The lowest BCUT2D eigenvalue weighted by atomic mass is 9.70. The van der Waals surface area contributed by atoms with E-state index in [9.17, 15) is 13.2 Å². The fourth-order valence-corrected chi connectivity index (χ4v) is 7.34. The summed E-state index contributed by atoms with van der Waals surface area (Å²) >= 11 is 0. The normalized spacial score (nSPS) is 26.5. The van der Waals surface area contributed by atoms with Crippen molar-refractivity contribution in [3.63, 3.8) is 0 Å². The van der Waals surface area contributed by atoms with Gasteiger partial charge in [-0.25, -0.2) is 8.42 Å². The second-order valence-corrected chi connectivity index (χ2v) is 11.6. The number of ketones is 1. The molecule has 0 radical (unpaired) electrons. The molecular formula is C25H37NO3S. The van der Waals surface area contributed by atoms with Crippen molar-refractivity contribution >= 4 is 22.0 Å². The number of carbonyl (C=O) groups excluding carboxylic acids is 1. The molecule has 1 aromatic rings. The maximum absolute atomic E-state index is 13.0. The molecule has 0 amide bonds. The average molecular weight is 432 g/mol. The Labute approximate surface area is 182 Å². The van der Waals surface area contributed by atoms with E-state index < -0.39 is 15.4 Å². The molecule has 166 valence electrons. The lowest BCUT2D eigenvalue weighted by Gasteiger charge is -2.35. The first kappa shape index (κ1) is 23.2. The highest BCUT2D eigenvalue weighted by Crippen LogP contribution is 2.64. The highest BCUT2D eigenvalue weighted by molar-refractivity contribution is 7.90. The molecule has 2 saturated carbocycles. The smallest absolute Gasteiger partial charge is 0.254 e. The van der Waals surface area contributed by atoms with E-state index >= 15 is 0 Å². The van der Waals surface area contributed by atoms with Gasteiger partial charge in [0, 0.05) is 12.6 Å². The van der Waals surface area contributed by atoms with E-state index in [1.807, 2.05) is 18.2 Å². The number of hydrogen-bond acceptors (Lipinski definition) is 3. The van der Waals surface area contributed by atoms with Gasteiger partial charge in [-0.3, -0.25) is 4.79 Å². The predicted octanol–water partition coefficient (Wildman–Crippen LogP) is 5.59. The van der Waals surface area contributed by atoms with Gasteiger partial charge in [-0.05, 0) is 47.6 Å². The van der Waals surface area contributed by atoms with Crippen molar-refractivity contribution in [1.82, 2.24) is 0 Å². The number of unbranched alkanes of at least 4 members (excludes halogenated alkanes) is 1. The van der Waals surface area contributed by atoms with Gasteiger partial charge in [-0.2, -0.15) is 4.40 Å². The zero-order valence-corrected chi connectivity index (χ0v) is 19.8. The van der Waals surface area contributed by atoms with Crippen LogP contribution >= 0.6 is 0 Å². The van der Waals surface area contributed by atoms with Crippen LogP contribution < -0.4 is 0 Å². The topological polar surface area (TPSA) is 63.6 Å². The molecule has 3 rings (SSSR count). The molecule has 5 heteroatoms. The summed E-state index contributed by atoms with van der Waals surface area (Å²) in [7, 11) is -3.73. The van der Waals surface area contributed by atoms with Gasteiger partial charge >= 0.3 is 0 Å². The molecule has 2 fully saturated rings. The van der Waals surface area contributed by atoms with Crippen LogP contribution in [0, 0.1) is 22.7 Å². The Morgan fingerprint density at radius 1 is 1.23 bits per heavy atom. The van der Waals surface area contributed by atoms with Gasteiger partial charge in [0.1, 0.15) is 5.78 Å². The summed E-state index contributed by atoms with van der Waals surface area (Å²) in [6.07, 6.45) is 9.29. The van der Waals surface area contributed by atoms with E-state index in [0.29, 0.717) is 24.7 Å². The van der Waals surface area contributed by atoms with Crippen molar-refractivity contribution in [2.75, 3.05) is 5.75 Å². The lowest BCUT2D eigenvalue weighted by Crippen LogP contribution is -2.41. The van der Waals surface area contributed by atoms with Crippen molar-refractivity contribution in [2.24, 2.45) is 27.1 Å². The van der Waals surface area contributed by atoms with Gasteiger partial charge in [0.2, 0.25) is 0 Å². The molecule has 2 aliphatic rings. The van der Waals surface area contributed by atoms with Crippen LogP contribution in [0.4, 0.5) is 0 Å². The lowest BCUT2D eigenvalue weighted by molar-refractivity contribution is -0.128. The van der Waals surface area contributed by atoms with Crippen molar-refractivity contribution in [2.45, 2.75) is 79.1 Å². The second-order valence-electron chi connectivity index (χ2n) is 9.95. The first-order valence-corrected chi connectivity index (χ1v) is 13.2. The summed E-state index contributed by atoms with van der Waals surface area (Å²) in [6, 6.07) is 7.95. The minimum Gasteiger partial charge on any atom is -0.299 e. The van der Waals surface area contributed by atoms with Crippen LogP contribution in [-0.4, -0.2) is 26.2 Å². The first-order chi connectivity index (χ1) is 14.1. The number of Topliss-reactive ketones (excluding diaryl/α,β-unsaturated/α-hetero) is 1. The Morgan fingerprint density at radius 3 is 2.57 bits per heavy atom. The second kappa shape index (κ2) is 8.94. The van der Waals surface area contributed by atoms with E-state index in [-0.39, 0.29) is 17.0 Å². The third kappa shape index (κ3) is 4.42. The fourth-order valence-electron chi connectivity index (χ4n) is 5.69. The summed E-state index contributed by atoms with van der Waals surface area (Å²) in [4.78, 5) is 12.7. The third-order valence-electron chi connectivity index (χ3n) is 8.03. The van der Waals surface area contributed by atoms with E-state index in [2.05, 4.69) is 38.2 Å². The van der Waals surface area contributed by atoms with Gasteiger partial charge in [0.05, 0.1) is 11.2 Å². The summed E-state index contributed by atoms with van der Waals surface area (Å²) in [5.74, 6) is 0.862. The molecule has 0 aromatic heterocycles. The third-order valence-corrected chi connectivity index (χ3v) is 9.31. The molecule has 1 aromatic carbocycles. The summed E-state index contributed by atoms with van der Waals surface area (Å²) in [6.45, 7) is 8.55. The Kier molecular flexibility index (Phi) is 6.91. The Morgan fingerprint density at radius 2 is 1.97 bits per heavy atom. The van der Waals surface area contributed by atoms with E-state index in [0.717, 1.165) is 30.4 Å². The molecule has 0 aliphatic heterocycles. The van der Waals surface area contributed by atoms with Crippen molar-refractivity contribution < 1.29 is 13.2 Å². The molecule has 0 N–H and O–H groups in total. The minimum absolute atomic E-state index is 0.115. The Balaban J connectivity index is 1.78. The van der Waals surface area contributed by atoms with Gasteiger partial charge in [-0.1, -0.05) is 77.6 Å². The van der Waals surface area contributed by atoms with Crippen LogP contribution in [0.15, 0.2) is 28.7 Å². The number of nitrogens with zero attached hydrogens (tertiary/aromatic N) is 1. The number of hydrogen-bond donors (Lipinski definition) is 0. The molecule has 30 heavy (non-hydrogen) atoms. The number of fused-ring (bicyclic) bond motifs is 2. The molecular weight excluding hydrogens is 394 g/mol. The SMILES string of the molecule is CCCCC(CC)Cc1ccccc1/C=N/S(=O)(=O)CC12CCC(CC1=O)C2(C)C. The van der Waals surface area contributed by atoms with Crippen molar-refractivity contribution in [1.29, 1.82) is 0 Å². The maximum Gasteiger partial charge on any atom is 0.254 e. The van der Waals surface area contributed by atoms with Crippen LogP contribution in [0.5, 0.6) is 0 Å². The Bertz CT molecular complexity index is 903. The van der Waals surface area contributed by atoms with Crippen LogP contribution in [0.1, 0.15) is 83.8 Å². The highest BCUT2D eigenvalue weighted by atomic mass is 32.2. The quantitative estimate of drug-likeness (QED) is 0.454. The molecule has 0 spiro atoms. The molecule has 4 nitrogen and oxygen atoms in total. The summed E-state index contributed by atoms with van der Waals surface area (Å²) < 4.78 is 30.0. The predicted molar refractivity (Wildman–Crippen MR) is 123 cm³/mol. The van der Waals surface area contributed by atoms with Crippen molar-refractivity contribution in [3.8, 4) is 0 Å². The molecule has 3 unspecified atom stereocenters. The van der Waals surface area contributed by atoms with E-state index in [4.69, 9.17) is 0 Å². The molecule has 0 saturated heterocycles. The van der Waals surface area contributed by atoms with E-state index in [1.54, 1.807) is 0 Å². The number of rotatable bonds is 10. The van der Waals surface area contributed by atoms with Crippen LogP contribution in [0.3, 0.4) is 0 Å². The summed E-state index contributed by atoms with van der Waals surface area (Å²) in [5.41, 5.74) is 0.990. The monoisotopic (exact) mass is 431 g/mol. The van der Waals surface area contributed by atoms with Gasteiger partial charge in [-0.15, -0.1) is 0 Å². The van der Waals surface area contributed by atoms with Crippen molar-refractivity contribution in [3.05, 3.63) is 35.4 Å². The van der Waals surface area contributed by atoms with Gasteiger partial charge in [0.25, 0.3) is 10.0 Å². The van der Waals surface area contributed by atoms with Crippen LogP contribution in [0.25, 0.3) is 0 Å². The molecule has 2 aliphatic carbocycles. The van der Waals surface area contributed by atoms with E-state index in [1.165, 1.54) is 25.5 Å². The Hall–Kier alpha value is -1.49. The first-order valence-electron chi connectivity index (χ1n) is 11.5. The number of benzene rings is 1. The van der Waals surface area contributed by atoms with Gasteiger partial charge in [0.15, 0.2) is 0 Å². The minimum atomic E-state index is -3.73. The fraction of sp³-hybridized carbons (Fsp3) is 0.680. The van der Waals surface area contributed by atoms with Crippen LogP contribution in [0.2, 0.25) is 0 Å². The largest absolute Gasteiger partial charge is 0.299 e. The summed E-state index contributed by atoms with van der Waals surface area (Å²) in [5, 5.41) is 0. The zero-order chi connectivity index (χ0) is 22.0. The number of carbonyl (C=O) groups is 1. The molecule has 2 bridgehead atoms. The molecule has 0 heterocycles. The average Bonchev–Trinajstić information content (AvgIpc) is 3.04. The standard InChI is InChI=1S/C25H37NO3S/c1-5-7-10-19(6-2)15-20-11-8-9-12-21(20)17-26-30(28,29)18-25-14-13-22(16-23(25)27)24(25,3)4/h8-9,11-12,17,19,22H,5-7,10,13-16,18H2,1-4H3/b26-17+. The van der Waals surface area contributed by atoms with Crippen LogP contribution in [-0.2, 0) is 21.2 Å². The highest BCUT2D eigenvalue weighted by Gasteiger charge is 2.65.